The SMILES string of the molecule is O=C(O)C(F)(F)F.O=C(O)C(F)(F)F.c1ccc(CN2CC[C@@H](OCc3ccccn3)[C@H]3OCC[C@@H]32)cc1. The van der Waals surface area contributed by atoms with E-state index in [2.05, 4.69) is 40.2 Å². The van der Waals surface area contributed by atoms with E-state index in [1.807, 2.05) is 24.4 Å². The molecule has 210 valence electrons. The summed E-state index contributed by atoms with van der Waals surface area (Å²) in [6.45, 7) is 3.46. The number of pyridine rings is 1. The quantitative estimate of drug-likeness (QED) is 0.529. The topological polar surface area (TPSA) is 109 Å². The highest BCUT2D eigenvalue weighted by atomic mass is 19.4. The highest BCUT2D eigenvalue weighted by Crippen LogP contribution is 2.31. The molecule has 4 rings (SSSR count). The number of carboxylic acids is 2. The van der Waals surface area contributed by atoms with Crippen molar-refractivity contribution in [2.24, 2.45) is 0 Å². The van der Waals surface area contributed by atoms with Gasteiger partial charge in [-0.25, -0.2) is 9.59 Å². The van der Waals surface area contributed by atoms with E-state index >= 15 is 0 Å². The predicted molar refractivity (Wildman–Crippen MR) is 120 cm³/mol. The third kappa shape index (κ3) is 10.3. The third-order valence-corrected chi connectivity index (χ3v) is 5.52. The van der Waals surface area contributed by atoms with E-state index in [4.69, 9.17) is 29.3 Å². The van der Waals surface area contributed by atoms with Crippen LogP contribution in [-0.4, -0.2) is 75.8 Å². The van der Waals surface area contributed by atoms with E-state index in [1.54, 1.807) is 0 Å². The highest BCUT2D eigenvalue weighted by molar-refractivity contribution is 5.73. The maximum absolute atomic E-state index is 10.6. The highest BCUT2D eigenvalue weighted by Gasteiger charge is 2.43. The molecule has 38 heavy (non-hydrogen) atoms. The van der Waals surface area contributed by atoms with E-state index in [9.17, 15) is 26.3 Å². The van der Waals surface area contributed by atoms with Gasteiger partial charge >= 0.3 is 24.3 Å². The number of likely N-dealkylation sites (tertiary alicyclic amines) is 1. The van der Waals surface area contributed by atoms with Crippen LogP contribution < -0.4 is 0 Å². The second-order valence-corrected chi connectivity index (χ2v) is 8.21. The first kappa shape index (κ1) is 31.0. The minimum atomic E-state index is -5.08. The summed E-state index contributed by atoms with van der Waals surface area (Å²) in [7, 11) is 0. The van der Waals surface area contributed by atoms with Crippen LogP contribution in [0.4, 0.5) is 26.3 Å². The number of carboxylic acid groups (broad SMARTS) is 2. The molecule has 0 radical (unpaired) electrons. The number of alkyl halides is 6. The van der Waals surface area contributed by atoms with Gasteiger partial charge in [-0.15, -0.1) is 0 Å². The van der Waals surface area contributed by atoms with Crippen LogP contribution in [0.25, 0.3) is 0 Å². The van der Waals surface area contributed by atoms with Gasteiger partial charge in [0.2, 0.25) is 0 Å². The van der Waals surface area contributed by atoms with Gasteiger partial charge in [-0.2, -0.15) is 26.3 Å². The summed E-state index contributed by atoms with van der Waals surface area (Å²) in [5.74, 6) is -5.51. The van der Waals surface area contributed by atoms with Crippen molar-refractivity contribution < 1.29 is 55.6 Å². The van der Waals surface area contributed by atoms with Crippen LogP contribution in [0.1, 0.15) is 24.1 Å². The fraction of sp³-hybridized carbons (Fsp3) is 0.458. The number of fused-ring (bicyclic) bond motifs is 1. The number of ether oxygens (including phenoxy) is 2. The molecule has 8 nitrogen and oxygen atoms in total. The zero-order valence-electron chi connectivity index (χ0n) is 19.9. The Hall–Kier alpha value is -3.23. The number of carbonyl (C=O) groups is 2. The van der Waals surface area contributed by atoms with Crippen LogP contribution in [0.15, 0.2) is 54.7 Å². The summed E-state index contributed by atoms with van der Waals surface area (Å²) in [6, 6.07) is 17.1. The van der Waals surface area contributed by atoms with Crippen molar-refractivity contribution in [2.45, 2.75) is 56.6 Å². The first-order valence-corrected chi connectivity index (χ1v) is 11.3. The number of benzene rings is 1. The molecule has 0 aliphatic carbocycles. The van der Waals surface area contributed by atoms with Gasteiger partial charge in [0.15, 0.2) is 0 Å². The lowest BCUT2D eigenvalue weighted by Gasteiger charge is -2.41. The molecular weight excluding hydrogens is 526 g/mol. The monoisotopic (exact) mass is 552 g/mol. The molecule has 1 aromatic heterocycles. The van der Waals surface area contributed by atoms with E-state index in [0.29, 0.717) is 12.6 Å². The minimum Gasteiger partial charge on any atom is -0.475 e. The van der Waals surface area contributed by atoms with Crippen molar-refractivity contribution in [3.05, 3.63) is 66.0 Å². The standard InChI is InChI=1S/C20H24N2O2.2C2HF3O2/c1-2-6-16(7-3-1)14-22-12-9-19(20-18(22)10-13-23-20)24-15-17-8-4-5-11-21-17;2*3-2(4,5)1(6)7/h1-8,11,18-20H,9-10,12-15H2;2*(H,6,7)/t18-,19+,20-;;/m0../s1. The maximum atomic E-state index is 10.6. The van der Waals surface area contributed by atoms with Crippen molar-refractivity contribution in [1.29, 1.82) is 0 Å². The minimum absolute atomic E-state index is 0.173. The molecular formula is C24H26F6N2O6. The first-order chi connectivity index (χ1) is 17.8. The number of aliphatic carboxylic acids is 2. The number of rotatable bonds is 5. The van der Waals surface area contributed by atoms with Gasteiger partial charge in [-0.05, 0) is 30.5 Å². The summed E-state index contributed by atoms with van der Waals surface area (Å²) in [5.41, 5.74) is 2.36. The van der Waals surface area contributed by atoms with Crippen molar-refractivity contribution in [1.82, 2.24) is 9.88 Å². The fourth-order valence-corrected chi connectivity index (χ4v) is 3.84. The number of nitrogens with zero attached hydrogens (tertiary/aromatic N) is 2. The Morgan fingerprint density at radius 3 is 2.05 bits per heavy atom. The van der Waals surface area contributed by atoms with Crippen molar-refractivity contribution in [2.75, 3.05) is 13.2 Å². The normalized spacial score (nSPS) is 21.3. The Morgan fingerprint density at radius 1 is 0.947 bits per heavy atom. The van der Waals surface area contributed by atoms with Crippen LogP contribution in [-0.2, 0) is 32.2 Å². The lowest BCUT2D eigenvalue weighted by Crippen LogP contribution is -2.52. The summed E-state index contributed by atoms with van der Waals surface area (Å²) >= 11 is 0. The summed E-state index contributed by atoms with van der Waals surface area (Å²) < 4.78 is 75.7. The molecule has 2 aliphatic heterocycles. The molecule has 3 heterocycles. The third-order valence-electron chi connectivity index (χ3n) is 5.52. The molecule has 0 saturated carbocycles. The molecule has 2 aliphatic rings. The second kappa shape index (κ2) is 14.1. The smallest absolute Gasteiger partial charge is 0.475 e. The molecule has 14 heteroatoms. The largest absolute Gasteiger partial charge is 0.490 e. The molecule has 0 unspecified atom stereocenters. The van der Waals surface area contributed by atoms with Gasteiger partial charge < -0.3 is 19.7 Å². The zero-order valence-corrected chi connectivity index (χ0v) is 19.9. The first-order valence-electron chi connectivity index (χ1n) is 11.3. The van der Waals surface area contributed by atoms with Gasteiger partial charge in [0, 0.05) is 31.9 Å². The van der Waals surface area contributed by atoms with Gasteiger partial charge in [-0.3, -0.25) is 9.88 Å². The van der Waals surface area contributed by atoms with Crippen LogP contribution >= 0.6 is 0 Å². The summed E-state index contributed by atoms with van der Waals surface area (Å²) in [6.07, 6.45) is -5.88. The second-order valence-electron chi connectivity index (χ2n) is 8.21. The van der Waals surface area contributed by atoms with Crippen LogP contribution in [0, 0.1) is 0 Å². The van der Waals surface area contributed by atoms with E-state index in [-0.39, 0.29) is 12.2 Å². The van der Waals surface area contributed by atoms with Crippen LogP contribution in [0.5, 0.6) is 0 Å². The Morgan fingerprint density at radius 2 is 1.53 bits per heavy atom. The lowest BCUT2D eigenvalue weighted by atomic mass is 9.95. The van der Waals surface area contributed by atoms with Crippen LogP contribution in [0.2, 0.25) is 0 Å². The maximum Gasteiger partial charge on any atom is 0.490 e. The van der Waals surface area contributed by atoms with Crippen molar-refractivity contribution in [3.8, 4) is 0 Å². The molecule has 0 spiro atoms. The predicted octanol–water partition coefficient (Wildman–Crippen LogP) is 4.30. The number of aromatic nitrogens is 1. The van der Waals surface area contributed by atoms with Gasteiger partial charge in [0.25, 0.3) is 0 Å². The summed E-state index contributed by atoms with van der Waals surface area (Å²) in [4.78, 5) is 24.7. The molecule has 0 bridgehead atoms. The molecule has 3 atom stereocenters. The Kier molecular flexibility index (Phi) is 11.5. The van der Waals surface area contributed by atoms with Crippen LogP contribution in [0.3, 0.4) is 0 Å². The summed E-state index contributed by atoms with van der Waals surface area (Å²) in [5, 5.41) is 14.2. The average molecular weight is 552 g/mol. The Balaban J connectivity index is 0.000000301. The van der Waals surface area contributed by atoms with Gasteiger partial charge in [0.05, 0.1) is 24.5 Å². The molecule has 1 aromatic carbocycles. The van der Waals surface area contributed by atoms with E-state index in [0.717, 1.165) is 38.2 Å². The van der Waals surface area contributed by atoms with E-state index < -0.39 is 24.3 Å². The number of piperidine rings is 1. The average Bonchev–Trinajstić information content (AvgIpc) is 3.35. The molecule has 0 amide bonds. The Labute approximate surface area is 213 Å². The van der Waals surface area contributed by atoms with Gasteiger partial charge in [0.1, 0.15) is 0 Å². The lowest BCUT2D eigenvalue weighted by molar-refractivity contribution is -0.193. The molecule has 2 N–H and O–H groups in total. The molecule has 2 saturated heterocycles. The van der Waals surface area contributed by atoms with Gasteiger partial charge in [-0.1, -0.05) is 36.4 Å². The number of hydrogen-bond acceptors (Lipinski definition) is 6. The fourth-order valence-electron chi connectivity index (χ4n) is 3.84. The number of hydrogen-bond donors (Lipinski definition) is 2. The zero-order chi connectivity index (χ0) is 28.3. The molecule has 2 fully saturated rings. The Bertz CT molecular complexity index is 983. The van der Waals surface area contributed by atoms with Crippen molar-refractivity contribution in [3.63, 3.8) is 0 Å². The van der Waals surface area contributed by atoms with E-state index in [1.165, 1.54) is 5.56 Å². The molecule has 2 aromatic rings. The number of halogens is 6. The van der Waals surface area contributed by atoms with Crippen molar-refractivity contribution >= 4 is 11.9 Å².